The molecular weight excluding hydrogens is 400 g/mol. The quantitative estimate of drug-likeness (QED) is 0.467. The Labute approximate surface area is 162 Å². The summed E-state index contributed by atoms with van der Waals surface area (Å²) in [4.78, 5) is 37.4. The molecule has 0 aromatic carbocycles. The first-order valence-corrected chi connectivity index (χ1v) is 9.95. The average Bonchev–Trinajstić information content (AvgIpc) is 3.08. The summed E-state index contributed by atoms with van der Waals surface area (Å²) in [5.74, 6) is -0.909. The fourth-order valence-electron chi connectivity index (χ4n) is 3.12. The number of carbonyl (C=O) groups is 3. The summed E-state index contributed by atoms with van der Waals surface area (Å²) >= 11 is 3.33. The molecule has 1 aliphatic rings. The number of imide groups is 1. The van der Waals surface area contributed by atoms with Crippen LogP contribution in [-0.2, 0) is 11.3 Å². The molecule has 2 heterocycles. The van der Waals surface area contributed by atoms with Crippen molar-refractivity contribution in [3.63, 3.8) is 0 Å². The number of hydrazine groups is 1. The number of hydrogen-bond acceptors (Lipinski definition) is 3. The van der Waals surface area contributed by atoms with Gasteiger partial charge < -0.3 is 9.88 Å². The summed E-state index contributed by atoms with van der Waals surface area (Å²) in [5.41, 5.74) is 1.85. The number of nitrogens with one attached hydrogen (secondary N) is 2. The normalized spacial score (nSPS) is 19.8. The highest BCUT2D eigenvalue weighted by molar-refractivity contribution is 9.10. The zero-order valence-corrected chi connectivity index (χ0v) is 17.2. The number of carbonyl (C=O) groups excluding carboxylic acids is 3. The molecule has 1 aliphatic heterocycles. The third-order valence-corrected chi connectivity index (χ3v) is 5.12. The van der Waals surface area contributed by atoms with Crippen molar-refractivity contribution in [3.05, 3.63) is 22.4 Å². The van der Waals surface area contributed by atoms with E-state index in [2.05, 4.69) is 33.6 Å². The van der Waals surface area contributed by atoms with Crippen molar-refractivity contribution in [1.82, 2.24) is 20.3 Å². The van der Waals surface area contributed by atoms with Crippen LogP contribution in [0.1, 0.15) is 69.8 Å². The smallest absolute Gasteiger partial charge is 0.343 e. The molecule has 1 fully saturated rings. The van der Waals surface area contributed by atoms with Gasteiger partial charge in [0.25, 0.3) is 11.8 Å². The first-order valence-electron chi connectivity index (χ1n) is 9.15. The van der Waals surface area contributed by atoms with Gasteiger partial charge in [0.15, 0.2) is 0 Å². The van der Waals surface area contributed by atoms with Crippen molar-refractivity contribution in [2.24, 2.45) is 0 Å². The molecule has 0 aliphatic carbocycles. The summed E-state index contributed by atoms with van der Waals surface area (Å²) in [6, 6.07) is 1.07. The number of aryl methyl sites for hydroxylation is 1. The van der Waals surface area contributed by atoms with Crippen LogP contribution in [0.5, 0.6) is 0 Å². The van der Waals surface area contributed by atoms with Gasteiger partial charge in [-0.15, -0.1) is 0 Å². The van der Waals surface area contributed by atoms with Gasteiger partial charge in [0.05, 0.1) is 0 Å². The van der Waals surface area contributed by atoms with Crippen molar-refractivity contribution in [2.45, 2.75) is 71.4 Å². The topological polar surface area (TPSA) is 83.4 Å². The summed E-state index contributed by atoms with van der Waals surface area (Å²) in [7, 11) is 0. The van der Waals surface area contributed by atoms with Gasteiger partial charge in [0, 0.05) is 17.2 Å². The molecule has 2 N–H and O–H groups in total. The van der Waals surface area contributed by atoms with E-state index in [1.54, 1.807) is 23.8 Å². The molecule has 1 aromatic rings. The minimum Gasteiger partial charge on any atom is -0.343 e. The lowest BCUT2D eigenvalue weighted by Crippen LogP contribution is -2.49. The second-order valence-corrected chi connectivity index (χ2v) is 7.75. The van der Waals surface area contributed by atoms with Crippen molar-refractivity contribution < 1.29 is 14.4 Å². The molecule has 2 rings (SSSR count). The zero-order chi connectivity index (χ0) is 19.3. The third-order valence-electron chi connectivity index (χ3n) is 4.69. The maximum atomic E-state index is 12.7. The van der Waals surface area contributed by atoms with E-state index in [1.165, 1.54) is 6.42 Å². The van der Waals surface area contributed by atoms with Gasteiger partial charge in [0.2, 0.25) is 0 Å². The van der Waals surface area contributed by atoms with Crippen molar-refractivity contribution in [3.8, 4) is 0 Å². The Morgan fingerprint density at radius 1 is 1.23 bits per heavy atom. The largest absolute Gasteiger partial charge is 0.344 e. The predicted molar refractivity (Wildman–Crippen MR) is 102 cm³/mol. The van der Waals surface area contributed by atoms with Crippen LogP contribution in [0.25, 0.3) is 0 Å². The molecule has 7 nitrogen and oxygen atoms in total. The number of amides is 4. The molecule has 26 heavy (non-hydrogen) atoms. The summed E-state index contributed by atoms with van der Waals surface area (Å²) in [6.45, 7) is 6.37. The monoisotopic (exact) mass is 426 g/mol. The Morgan fingerprint density at radius 2 is 1.92 bits per heavy atom. The first kappa shape index (κ1) is 20.5. The van der Waals surface area contributed by atoms with Gasteiger partial charge in [-0.3, -0.25) is 15.0 Å². The molecule has 1 unspecified atom stereocenters. The van der Waals surface area contributed by atoms with E-state index < -0.39 is 23.4 Å². The van der Waals surface area contributed by atoms with Crippen LogP contribution in [0.2, 0.25) is 0 Å². The zero-order valence-electron chi connectivity index (χ0n) is 15.6. The number of halogens is 1. The second-order valence-electron chi connectivity index (χ2n) is 6.84. The van der Waals surface area contributed by atoms with Gasteiger partial charge >= 0.3 is 6.03 Å². The lowest BCUT2D eigenvalue weighted by molar-refractivity contribution is -0.132. The Kier molecular flexibility index (Phi) is 6.86. The minimum atomic E-state index is -0.968. The van der Waals surface area contributed by atoms with Gasteiger partial charge in [-0.2, -0.15) is 5.01 Å². The molecule has 0 spiro atoms. The maximum Gasteiger partial charge on any atom is 0.344 e. The minimum absolute atomic E-state index is 0.383. The Bertz CT molecular complexity index is 688. The van der Waals surface area contributed by atoms with Crippen LogP contribution in [0, 0.1) is 0 Å². The van der Waals surface area contributed by atoms with Gasteiger partial charge in [-0.05, 0) is 42.3 Å². The number of hydrogen-bond donors (Lipinski definition) is 2. The molecule has 0 radical (unpaired) electrons. The van der Waals surface area contributed by atoms with E-state index in [4.69, 9.17) is 0 Å². The SMILES string of the molecule is CCCCCCCC1(C)NC(=O)N(NC(=O)c2cc(Br)cn2CC)C1=O. The molecule has 1 saturated heterocycles. The average molecular weight is 427 g/mol. The number of aromatic nitrogens is 1. The summed E-state index contributed by atoms with van der Waals surface area (Å²) in [6.07, 6.45) is 7.67. The molecule has 144 valence electrons. The van der Waals surface area contributed by atoms with Crippen molar-refractivity contribution in [1.29, 1.82) is 0 Å². The van der Waals surface area contributed by atoms with Gasteiger partial charge in [0.1, 0.15) is 11.2 Å². The van der Waals surface area contributed by atoms with Gasteiger partial charge in [-0.25, -0.2) is 4.79 Å². The third kappa shape index (κ3) is 4.47. The Hall–Kier alpha value is -1.83. The Morgan fingerprint density at radius 3 is 2.58 bits per heavy atom. The predicted octanol–water partition coefficient (Wildman–Crippen LogP) is 3.59. The van der Waals surface area contributed by atoms with Crippen molar-refractivity contribution >= 4 is 33.8 Å². The van der Waals surface area contributed by atoms with E-state index in [0.717, 1.165) is 35.2 Å². The fourth-order valence-corrected chi connectivity index (χ4v) is 3.59. The van der Waals surface area contributed by atoms with Crippen molar-refractivity contribution in [2.75, 3.05) is 0 Å². The molecule has 8 heteroatoms. The number of rotatable bonds is 9. The van der Waals surface area contributed by atoms with Crippen LogP contribution in [0.4, 0.5) is 4.79 Å². The lowest BCUT2D eigenvalue weighted by atomic mass is 9.94. The highest BCUT2D eigenvalue weighted by Gasteiger charge is 2.48. The highest BCUT2D eigenvalue weighted by Crippen LogP contribution is 2.23. The first-order chi connectivity index (χ1) is 12.3. The maximum absolute atomic E-state index is 12.7. The summed E-state index contributed by atoms with van der Waals surface area (Å²) in [5, 5.41) is 3.52. The number of urea groups is 1. The summed E-state index contributed by atoms with van der Waals surface area (Å²) < 4.78 is 2.50. The second kappa shape index (κ2) is 8.70. The Balaban J connectivity index is 2.00. The molecule has 0 saturated carbocycles. The molecular formula is C18H27BrN4O3. The van der Waals surface area contributed by atoms with E-state index in [9.17, 15) is 14.4 Å². The van der Waals surface area contributed by atoms with E-state index in [-0.39, 0.29) is 0 Å². The van der Waals surface area contributed by atoms with Crippen LogP contribution in [0.15, 0.2) is 16.7 Å². The highest BCUT2D eigenvalue weighted by atomic mass is 79.9. The van der Waals surface area contributed by atoms with Crippen LogP contribution < -0.4 is 10.7 Å². The number of unbranched alkanes of at least 4 members (excludes halogenated alkanes) is 4. The fraction of sp³-hybridized carbons (Fsp3) is 0.611. The van der Waals surface area contributed by atoms with Crippen LogP contribution in [0.3, 0.4) is 0 Å². The van der Waals surface area contributed by atoms with Crippen LogP contribution >= 0.6 is 15.9 Å². The van der Waals surface area contributed by atoms with Crippen LogP contribution in [-0.4, -0.2) is 33.0 Å². The standard InChI is InChI=1S/C18H27BrN4O3/c1-4-6-7-8-9-10-18(3)16(25)23(17(26)20-18)21-15(24)14-11-13(19)12-22(14)5-2/h11-12H,4-10H2,1-3H3,(H,20,26)(H,21,24). The number of nitrogens with zero attached hydrogens (tertiary/aromatic N) is 2. The molecule has 0 bridgehead atoms. The molecule has 1 atom stereocenters. The van der Waals surface area contributed by atoms with E-state index in [0.29, 0.717) is 18.7 Å². The van der Waals surface area contributed by atoms with E-state index >= 15 is 0 Å². The van der Waals surface area contributed by atoms with Gasteiger partial charge in [-0.1, -0.05) is 39.0 Å². The molecule has 1 aromatic heterocycles. The molecule has 4 amide bonds. The lowest BCUT2D eigenvalue weighted by Gasteiger charge is -2.21. The van der Waals surface area contributed by atoms with E-state index in [1.807, 2.05) is 6.92 Å².